The van der Waals surface area contributed by atoms with Crippen molar-refractivity contribution in [3.8, 4) is 0 Å². The average molecular weight is 258 g/mol. The van der Waals surface area contributed by atoms with E-state index in [0.717, 1.165) is 37.7 Å². The molecule has 2 N–H and O–H groups in total. The summed E-state index contributed by atoms with van der Waals surface area (Å²) in [5, 5.41) is 3.38. The minimum Gasteiger partial charge on any atom is -0.378 e. The van der Waals surface area contributed by atoms with Crippen molar-refractivity contribution in [2.45, 2.75) is 26.9 Å². The number of nitrogens with one attached hydrogen (secondary N) is 2. The van der Waals surface area contributed by atoms with Crippen molar-refractivity contribution in [3.63, 3.8) is 0 Å². The van der Waals surface area contributed by atoms with Gasteiger partial charge in [-0.2, -0.15) is 0 Å². The van der Waals surface area contributed by atoms with Crippen LogP contribution in [0.25, 0.3) is 0 Å². The predicted molar refractivity (Wildman–Crippen MR) is 79.0 cm³/mol. The third kappa shape index (κ3) is 4.10. The van der Waals surface area contributed by atoms with Gasteiger partial charge in [0.25, 0.3) is 0 Å². The van der Waals surface area contributed by atoms with Gasteiger partial charge in [-0.25, -0.2) is 4.98 Å². The van der Waals surface area contributed by atoms with Crippen LogP contribution in [-0.4, -0.2) is 28.0 Å². The fourth-order valence-corrected chi connectivity index (χ4v) is 2.07. The van der Waals surface area contributed by atoms with Crippen LogP contribution in [0.15, 0.2) is 36.7 Å². The standard InChI is InChI=1S/C15H22N4/c1-3-19(4-2)12-13-6-5-7-14(10-13)18-11-15-16-8-9-17-15/h5-10,18H,3-4,11-12H2,1-2H3,(H,16,17). The van der Waals surface area contributed by atoms with Crippen LogP contribution in [0.4, 0.5) is 5.69 Å². The lowest BCUT2D eigenvalue weighted by atomic mass is 10.2. The zero-order chi connectivity index (χ0) is 13.5. The van der Waals surface area contributed by atoms with Gasteiger partial charge in [0.05, 0.1) is 6.54 Å². The fraction of sp³-hybridized carbons (Fsp3) is 0.400. The molecular weight excluding hydrogens is 236 g/mol. The molecule has 1 heterocycles. The average Bonchev–Trinajstić information content (AvgIpc) is 2.96. The van der Waals surface area contributed by atoms with Gasteiger partial charge in [-0.15, -0.1) is 0 Å². The highest BCUT2D eigenvalue weighted by Crippen LogP contribution is 2.13. The molecule has 0 unspecified atom stereocenters. The van der Waals surface area contributed by atoms with E-state index in [1.54, 1.807) is 6.20 Å². The number of nitrogens with zero attached hydrogens (tertiary/aromatic N) is 2. The number of imidazole rings is 1. The molecule has 0 aliphatic heterocycles. The summed E-state index contributed by atoms with van der Waals surface area (Å²) >= 11 is 0. The molecule has 1 aromatic carbocycles. The summed E-state index contributed by atoms with van der Waals surface area (Å²) in [6, 6.07) is 8.58. The maximum absolute atomic E-state index is 4.20. The van der Waals surface area contributed by atoms with Crippen LogP contribution in [0.3, 0.4) is 0 Å². The van der Waals surface area contributed by atoms with Crippen molar-refractivity contribution in [2.75, 3.05) is 18.4 Å². The molecule has 19 heavy (non-hydrogen) atoms. The summed E-state index contributed by atoms with van der Waals surface area (Å²) in [6.45, 7) is 8.29. The van der Waals surface area contributed by atoms with Gasteiger partial charge in [-0.05, 0) is 30.8 Å². The lowest BCUT2D eigenvalue weighted by Crippen LogP contribution is -2.22. The number of anilines is 1. The molecule has 0 atom stereocenters. The Morgan fingerprint density at radius 3 is 2.79 bits per heavy atom. The minimum absolute atomic E-state index is 0.724. The van der Waals surface area contributed by atoms with Gasteiger partial charge in [-0.3, -0.25) is 4.90 Å². The van der Waals surface area contributed by atoms with E-state index < -0.39 is 0 Å². The van der Waals surface area contributed by atoms with Crippen LogP contribution in [0.5, 0.6) is 0 Å². The van der Waals surface area contributed by atoms with E-state index in [1.165, 1.54) is 5.56 Å². The van der Waals surface area contributed by atoms with Gasteiger partial charge in [0.1, 0.15) is 5.82 Å². The van der Waals surface area contributed by atoms with E-state index in [9.17, 15) is 0 Å². The maximum Gasteiger partial charge on any atom is 0.125 e. The Kier molecular flexibility index (Phi) is 4.98. The van der Waals surface area contributed by atoms with E-state index >= 15 is 0 Å². The monoisotopic (exact) mass is 258 g/mol. The first-order valence-corrected chi connectivity index (χ1v) is 6.85. The number of aromatic amines is 1. The molecule has 0 bridgehead atoms. The molecule has 102 valence electrons. The van der Waals surface area contributed by atoms with Gasteiger partial charge in [0, 0.05) is 24.6 Å². The van der Waals surface area contributed by atoms with E-state index in [0.29, 0.717) is 0 Å². The summed E-state index contributed by atoms with van der Waals surface area (Å²) < 4.78 is 0. The smallest absolute Gasteiger partial charge is 0.125 e. The molecule has 0 amide bonds. The zero-order valence-electron chi connectivity index (χ0n) is 11.7. The van der Waals surface area contributed by atoms with Crippen LogP contribution in [0, 0.1) is 0 Å². The first-order valence-electron chi connectivity index (χ1n) is 6.85. The maximum atomic E-state index is 4.20. The number of hydrogen-bond donors (Lipinski definition) is 2. The normalized spacial score (nSPS) is 10.9. The van der Waals surface area contributed by atoms with Gasteiger partial charge in [-0.1, -0.05) is 26.0 Å². The van der Waals surface area contributed by atoms with Crippen LogP contribution in [0.1, 0.15) is 25.2 Å². The fourth-order valence-electron chi connectivity index (χ4n) is 2.07. The Labute approximate surface area is 114 Å². The molecular formula is C15H22N4. The van der Waals surface area contributed by atoms with Crippen molar-refractivity contribution < 1.29 is 0 Å². The van der Waals surface area contributed by atoms with Crippen molar-refractivity contribution in [1.82, 2.24) is 14.9 Å². The number of benzene rings is 1. The van der Waals surface area contributed by atoms with E-state index in [1.807, 2.05) is 6.20 Å². The Hall–Kier alpha value is -1.81. The topological polar surface area (TPSA) is 44.0 Å². The molecule has 0 radical (unpaired) electrons. The van der Waals surface area contributed by atoms with Crippen molar-refractivity contribution in [1.29, 1.82) is 0 Å². The summed E-state index contributed by atoms with van der Waals surface area (Å²) in [5.41, 5.74) is 2.48. The molecule has 4 heteroatoms. The Morgan fingerprint density at radius 2 is 2.11 bits per heavy atom. The molecule has 0 saturated carbocycles. The molecule has 1 aromatic heterocycles. The van der Waals surface area contributed by atoms with Gasteiger partial charge in [0.15, 0.2) is 0 Å². The number of hydrogen-bond acceptors (Lipinski definition) is 3. The molecule has 0 fully saturated rings. The molecule has 0 spiro atoms. The largest absolute Gasteiger partial charge is 0.378 e. The minimum atomic E-state index is 0.724. The molecule has 0 saturated heterocycles. The Balaban J connectivity index is 1.94. The Morgan fingerprint density at radius 1 is 1.26 bits per heavy atom. The molecule has 0 aliphatic rings. The third-order valence-corrected chi connectivity index (χ3v) is 3.24. The summed E-state index contributed by atoms with van der Waals surface area (Å²) in [4.78, 5) is 9.70. The molecule has 2 aromatic rings. The first kappa shape index (κ1) is 13.6. The second kappa shape index (κ2) is 6.95. The number of aromatic nitrogens is 2. The second-order valence-electron chi connectivity index (χ2n) is 4.55. The van der Waals surface area contributed by atoms with E-state index in [-0.39, 0.29) is 0 Å². The molecule has 4 nitrogen and oxygen atoms in total. The predicted octanol–water partition coefficient (Wildman–Crippen LogP) is 2.86. The first-order chi connectivity index (χ1) is 9.31. The Bertz CT molecular complexity index is 475. The van der Waals surface area contributed by atoms with Crippen LogP contribution in [-0.2, 0) is 13.1 Å². The van der Waals surface area contributed by atoms with Crippen molar-refractivity contribution in [3.05, 3.63) is 48.0 Å². The van der Waals surface area contributed by atoms with E-state index in [2.05, 4.69) is 58.3 Å². The SMILES string of the molecule is CCN(CC)Cc1cccc(NCc2ncc[nH]2)c1. The van der Waals surface area contributed by atoms with Crippen LogP contribution < -0.4 is 5.32 Å². The van der Waals surface area contributed by atoms with Crippen LogP contribution >= 0.6 is 0 Å². The van der Waals surface area contributed by atoms with Crippen LogP contribution in [0.2, 0.25) is 0 Å². The molecule has 2 rings (SSSR count). The summed E-state index contributed by atoms with van der Waals surface area (Å²) in [6.07, 6.45) is 3.61. The second-order valence-corrected chi connectivity index (χ2v) is 4.55. The van der Waals surface area contributed by atoms with Crippen molar-refractivity contribution in [2.24, 2.45) is 0 Å². The lowest BCUT2D eigenvalue weighted by molar-refractivity contribution is 0.296. The highest BCUT2D eigenvalue weighted by atomic mass is 15.1. The van der Waals surface area contributed by atoms with Gasteiger partial charge < -0.3 is 10.3 Å². The number of rotatable bonds is 7. The third-order valence-electron chi connectivity index (χ3n) is 3.24. The van der Waals surface area contributed by atoms with Gasteiger partial charge in [0.2, 0.25) is 0 Å². The quantitative estimate of drug-likeness (QED) is 0.802. The highest BCUT2D eigenvalue weighted by Gasteiger charge is 2.02. The summed E-state index contributed by atoms with van der Waals surface area (Å²) in [5.74, 6) is 0.953. The van der Waals surface area contributed by atoms with Crippen molar-refractivity contribution >= 4 is 5.69 Å². The number of H-pyrrole nitrogens is 1. The lowest BCUT2D eigenvalue weighted by Gasteiger charge is -2.18. The zero-order valence-corrected chi connectivity index (χ0v) is 11.7. The molecule has 0 aliphatic carbocycles. The van der Waals surface area contributed by atoms with E-state index in [4.69, 9.17) is 0 Å². The highest BCUT2D eigenvalue weighted by molar-refractivity contribution is 5.45. The van der Waals surface area contributed by atoms with Gasteiger partial charge >= 0.3 is 0 Å². The summed E-state index contributed by atoms with van der Waals surface area (Å²) in [7, 11) is 0.